The standard InChI is InChI=1S/C11H9N3OS/c1-6(15)7-5-13-8-3-2-4-9-11(7,8)16-10(12)14-9/h2-5H,1H3,(H2,12,14). The van der Waals surface area contributed by atoms with Gasteiger partial charge in [0.15, 0.2) is 11.0 Å². The van der Waals surface area contributed by atoms with Gasteiger partial charge in [-0.25, -0.2) is 4.99 Å². The second-order valence-electron chi connectivity index (χ2n) is 3.76. The Kier molecular flexibility index (Phi) is 1.77. The molecule has 0 radical (unpaired) electrons. The van der Waals surface area contributed by atoms with Crippen LogP contribution in [0.4, 0.5) is 0 Å². The third-order valence-electron chi connectivity index (χ3n) is 2.81. The van der Waals surface area contributed by atoms with Crippen LogP contribution in [0.2, 0.25) is 0 Å². The maximum Gasteiger partial charge on any atom is 0.160 e. The number of rotatable bonds is 1. The molecule has 1 aliphatic carbocycles. The summed E-state index contributed by atoms with van der Waals surface area (Å²) in [5.41, 5.74) is 8.06. The zero-order valence-electron chi connectivity index (χ0n) is 8.60. The van der Waals surface area contributed by atoms with E-state index in [0.29, 0.717) is 10.7 Å². The van der Waals surface area contributed by atoms with E-state index in [0.717, 1.165) is 11.4 Å². The zero-order valence-corrected chi connectivity index (χ0v) is 9.41. The average Bonchev–Trinajstić information content (AvgIpc) is 2.72. The molecule has 2 N–H and O–H groups in total. The second kappa shape index (κ2) is 2.95. The molecule has 0 fully saturated rings. The number of carbonyl (C=O) groups excluding carboxylic acids is 1. The van der Waals surface area contributed by atoms with Gasteiger partial charge in [-0.3, -0.25) is 9.79 Å². The number of hydrogen-bond donors (Lipinski definition) is 1. The highest BCUT2D eigenvalue weighted by Crippen LogP contribution is 2.50. The van der Waals surface area contributed by atoms with Crippen LogP contribution in [-0.4, -0.2) is 21.4 Å². The molecule has 80 valence electrons. The van der Waals surface area contributed by atoms with Crippen molar-refractivity contribution in [1.29, 1.82) is 0 Å². The van der Waals surface area contributed by atoms with Crippen molar-refractivity contribution in [2.24, 2.45) is 15.7 Å². The number of Topliss-reactive ketones (excluding diaryl/α,β-unsaturated/α-hetero) is 1. The Hall–Kier alpha value is -1.62. The smallest absolute Gasteiger partial charge is 0.160 e. The van der Waals surface area contributed by atoms with Crippen molar-refractivity contribution in [2.45, 2.75) is 11.7 Å². The highest BCUT2D eigenvalue weighted by Gasteiger charge is 2.52. The number of thioether (sulfide) groups is 1. The third-order valence-corrected chi connectivity index (χ3v) is 4.05. The van der Waals surface area contributed by atoms with Crippen LogP contribution in [0.3, 0.4) is 0 Å². The zero-order chi connectivity index (χ0) is 11.3. The summed E-state index contributed by atoms with van der Waals surface area (Å²) < 4.78 is -0.565. The molecule has 3 aliphatic rings. The van der Waals surface area contributed by atoms with Crippen molar-refractivity contribution >= 4 is 28.4 Å². The number of nitrogens with two attached hydrogens (primary N) is 1. The van der Waals surface area contributed by atoms with Gasteiger partial charge < -0.3 is 5.73 Å². The van der Waals surface area contributed by atoms with E-state index in [4.69, 9.17) is 5.73 Å². The number of allylic oxidation sites excluding steroid dienone is 3. The van der Waals surface area contributed by atoms with Gasteiger partial charge in [0.2, 0.25) is 0 Å². The highest BCUT2D eigenvalue weighted by atomic mass is 32.2. The van der Waals surface area contributed by atoms with Gasteiger partial charge >= 0.3 is 0 Å². The SMILES string of the molecule is CC(=O)C1=CN=C2C=CC=C3N=C(N)SC312. The number of carbonyl (C=O) groups is 1. The molecule has 2 heterocycles. The first-order valence-corrected chi connectivity index (χ1v) is 5.68. The minimum Gasteiger partial charge on any atom is -0.378 e. The molecule has 0 saturated heterocycles. The molecule has 2 aliphatic heterocycles. The first kappa shape index (κ1) is 9.59. The lowest BCUT2D eigenvalue weighted by atomic mass is 9.87. The summed E-state index contributed by atoms with van der Waals surface area (Å²) in [6.45, 7) is 1.55. The number of ketones is 1. The van der Waals surface area contributed by atoms with Crippen molar-refractivity contribution in [3.8, 4) is 0 Å². The maximum atomic E-state index is 11.6. The van der Waals surface area contributed by atoms with Crippen LogP contribution in [0, 0.1) is 0 Å². The minimum atomic E-state index is -0.565. The number of nitrogens with zero attached hydrogens (tertiary/aromatic N) is 2. The predicted molar refractivity (Wildman–Crippen MR) is 65.4 cm³/mol. The molecule has 4 nitrogen and oxygen atoms in total. The van der Waals surface area contributed by atoms with Crippen LogP contribution in [-0.2, 0) is 4.79 Å². The van der Waals surface area contributed by atoms with Gasteiger partial charge in [-0.2, -0.15) is 0 Å². The summed E-state index contributed by atoms with van der Waals surface area (Å²) in [6, 6.07) is 0. The third kappa shape index (κ3) is 0.983. The van der Waals surface area contributed by atoms with E-state index in [1.807, 2.05) is 18.2 Å². The molecule has 0 aromatic heterocycles. The monoisotopic (exact) mass is 231 g/mol. The van der Waals surface area contributed by atoms with E-state index < -0.39 is 4.75 Å². The lowest BCUT2D eigenvalue weighted by Gasteiger charge is -2.27. The minimum absolute atomic E-state index is 0.0114. The van der Waals surface area contributed by atoms with Crippen molar-refractivity contribution in [2.75, 3.05) is 0 Å². The summed E-state index contributed by atoms with van der Waals surface area (Å²) >= 11 is 1.39. The fraction of sp³-hybridized carbons (Fsp3) is 0.182. The molecule has 1 spiro atoms. The molecule has 16 heavy (non-hydrogen) atoms. The summed E-state index contributed by atoms with van der Waals surface area (Å²) in [7, 11) is 0. The lowest BCUT2D eigenvalue weighted by Crippen LogP contribution is -2.37. The van der Waals surface area contributed by atoms with Gasteiger partial charge in [0.1, 0.15) is 4.75 Å². The van der Waals surface area contributed by atoms with Crippen LogP contribution in [0.15, 0.2) is 45.7 Å². The van der Waals surface area contributed by atoms with Crippen LogP contribution in [0.1, 0.15) is 6.92 Å². The Bertz CT molecular complexity index is 554. The summed E-state index contributed by atoms with van der Waals surface area (Å²) in [4.78, 5) is 20.2. The number of hydrogen-bond acceptors (Lipinski definition) is 5. The molecular weight excluding hydrogens is 222 g/mol. The summed E-state index contributed by atoms with van der Waals surface area (Å²) in [5.74, 6) is 0.0114. The van der Waals surface area contributed by atoms with Gasteiger partial charge in [-0.05, 0) is 19.1 Å². The largest absolute Gasteiger partial charge is 0.378 e. The lowest BCUT2D eigenvalue weighted by molar-refractivity contribution is -0.113. The number of amidine groups is 1. The van der Waals surface area contributed by atoms with Gasteiger partial charge in [-0.15, -0.1) is 0 Å². The Morgan fingerprint density at radius 3 is 3.12 bits per heavy atom. The van der Waals surface area contributed by atoms with Crippen LogP contribution in [0.25, 0.3) is 0 Å². The fourth-order valence-corrected chi connectivity index (χ4v) is 3.35. The van der Waals surface area contributed by atoms with Crippen molar-refractivity contribution in [1.82, 2.24) is 0 Å². The van der Waals surface area contributed by atoms with Gasteiger partial charge in [0, 0.05) is 11.8 Å². The van der Waals surface area contributed by atoms with E-state index >= 15 is 0 Å². The molecule has 0 bridgehead atoms. The van der Waals surface area contributed by atoms with Crippen LogP contribution in [0.5, 0.6) is 0 Å². The predicted octanol–water partition coefficient (Wildman–Crippen LogP) is 1.17. The normalized spacial score (nSPS) is 30.1. The molecular formula is C11H9N3OS. The molecule has 0 amide bonds. The molecule has 0 aromatic carbocycles. The van der Waals surface area contributed by atoms with E-state index in [1.54, 1.807) is 13.1 Å². The van der Waals surface area contributed by atoms with Crippen LogP contribution < -0.4 is 5.73 Å². The van der Waals surface area contributed by atoms with Crippen molar-refractivity contribution in [3.63, 3.8) is 0 Å². The molecule has 1 unspecified atom stereocenters. The highest BCUT2D eigenvalue weighted by molar-refractivity contribution is 8.16. The maximum absolute atomic E-state index is 11.6. The fourth-order valence-electron chi connectivity index (χ4n) is 2.14. The van der Waals surface area contributed by atoms with E-state index in [-0.39, 0.29) is 5.78 Å². The van der Waals surface area contributed by atoms with Crippen molar-refractivity contribution in [3.05, 3.63) is 35.7 Å². The van der Waals surface area contributed by atoms with Gasteiger partial charge in [0.05, 0.1) is 11.4 Å². The van der Waals surface area contributed by atoms with E-state index in [1.165, 1.54) is 11.8 Å². The number of aliphatic imine (C=N–C) groups is 2. The molecule has 0 saturated carbocycles. The molecule has 0 aromatic rings. The van der Waals surface area contributed by atoms with Gasteiger partial charge in [0.25, 0.3) is 0 Å². The second-order valence-corrected chi connectivity index (χ2v) is 4.99. The molecule has 5 heteroatoms. The van der Waals surface area contributed by atoms with Crippen molar-refractivity contribution < 1.29 is 4.79 Å². The molecule has 3 rings (SSSR count). The topological polar surface area (TPSA) is 67.8 Å². The van der Waals surface area contributed by atoms with Gasteiger partial charge in [-0.1, -0.05) is 17.8 Å². The van der Waals surface area contributed by atoms with E-state index in [2.05, 4.69) is 9.98 Å². The van der Waals surface area contributed by atoms with E-state index in [9.17, 15) is 4.79 Å². The Labute approximate surface area is 96.7 Å². The summed E-state index contributed by atoms with van der Waals surface area (Å²) in [6.07, 6.45) is 7.29. The van der Waals surface area contributed by atoms with Crippen LogP contribution >= 0.6 is 11.8 Å². The Morgan fingerprint density at radius 2 is 2.38 bits per heavy atom. The summed E-state index contributed by atoms with van der Waals surface area (Å²) in [5, 5.41) is 0.483. The first-order valence-electron chi connectivity index (χ1n) is 4.86. The first-order chi connectivity index (χ1) is 7.64. The molecule has 1 atom stereocenters. The Balaban J connectivity index is 2.21. The Morgan fingerprint density at radius 1 is 1.56 bits per heavy atom. The average molecular weight is 231 g/mol. The quantitative estimate of drug-likeness (QED) is 0.736.